The third-order valence-corrected chi connectivity index (χ3v) is 3.73. The molecule has 5 heteroatoms. The molecule has 0 aliphatic rings. The highest BCUT2D eigenvalue weighted by atomic mass is 32.1. The first-order chi connectivity index (χ1) is 9.11. The minimum atomic E-state index is -0.0697. The zero-order valence-corrected chi connectivity index (χ0v) is 11.8. The molecule has 4 N–H and O–H groups in total. The minimum absolute atomic E-state index is 0.00506. The third kappa shape index (κ3) is 3.13. The van der Waals surface area contributed by atoms with Crippen LogP contribution < -0.4 is 16.6 Å². The fourth-order valence-corrected chi connectivity index (χ4v) is 2.64. The van der Waals surface area contributed by atoms with Crippen molar-refractivity contribution in [3.8, 4) is 0 Å². The lowest BCUT2D eigenvalue weighted by molar-refractivity contribution is 0.0939. The topological polar surface area (TPSA) is 67.1 Å². The van der Waals surface area contributed by atoms with Gasteiger partial charge in [0.15, 0.2) is 0 Å². The van der Waals surface area contributed by atoms with E-state index in [4.69, 9.17) is 5.84 Å². The Morgan fingerprint density at radius 1 is 1.37 bits per heavy atom. The fourth-order valence-electron chi connectivity index (χ4n) is 1.89. The standard InChI is InChI=1S/C14H17N3OS/c1-9-7-12(17-15)3-4-13(9)14(18)16-10(2)11-5-6-19-8-11/h3-8,10,17H,15H2,1-2H3,(H,16,18). The van der Waals surface area contributed by atoms with Crippen LogP contribution in [0.1, 0.15) is 34.5 Å². The summed E-state index contributed by atoms with van der Waals surface area (Å²) < 4.78 is 0. The van der Waals surface area contributed by atoms with Gasteiger partial charge in [-0.25, -0.2) is 0 Å². The number of nitrogens with two attached hydrogens (primary N) is 1. The van der Waals surface area contributed by atoms with Crippen LogP contribution in [0.5, 0.6) is 0 Å². The van der Waals surface area contributed by atoms with Gasteiger partial charge in [-0.1, -0.05) is 0 Å². The van der Waals surface area contributed by atoms with E-state index in [2.05, 4.69) is 10.7 Å². The second kappa shape index (κ2) is 5.86. The van der Waals surface area contributed by atoms with E-state index in [1.54, 1.807) is 23.5 Å². The van der Waals surface area contributed by atoms with Gasteiger partial charge in [-0.2, -0.15) is 11.3 Å². The highest BCUT2D eigenvalue weighted by molar-refractivity contribution is 7.07. The maximum atomic E-state index is 12.2. The van der Waals surface area contributed by atoms with Crippen LogP contribution in [0.2, 0.25) is 0 Å². The molecule has 0 saturated carbocycles. The number of nitrogen functional groups attached to an aromatic ring is 1. The minimum Gasteiger partial charge on any atom is -0.345 e. The van der Waals surface area contributed by atoms with Crippen LogP contribution in [-0.4, -0.2) is 5.91 Å². The van der Waals surface area contributed by atoms with Gasteiger partial charge in [0.1, 0.15) is 0 Å². The van der Waals surface area contributed by atoms with Gasteiger partial charge in [0.2, 0.25) is 0 Å². The van der Waals surface area contributed by atoms with Crippen molar-refractivity contribution in [1.82, 2.24) is 5.32 Å². The molecule has 4 nitrogen and oxygen atoms in total. The normalized spacial score (nSPS) is 11.9. The van der Waals surface area contributed by atoms with Crippen molar-refractivity contribution >= 4 is 22.9 Å². The quantitative estimate of drug-likeness (QED) is 0.593. The molecule has 0 saturated heterocycles. The molecule has 19 heavy (non-hydrogen) atoms. The summed E-state index contributed by atoms with van der Waals surface area (Å²) in [4.78, 5) is 12.2. The number of thiophene rings is 1. The van der Waals surface area contributed by atoms with Crippen LogP contribution in [-0.2, 0) is 0 Å². The molecule has 1 heterocycles. The molecule has 0 aliphatic carbocycles. The van der Waals surface area contributed by atoms with Gasteiger partial charge in [-0.05, 0) is 60.0 Å². The predicted molar refractivity (Wildman–Crippen MR) is 79.2 cm³/mol. The Hall–Kier alpha value is -1.85. The Morgan fingerprint density at radius 2 is 2.16 bits per heavy atom. The smallest absolute Gasteiger partial charge is 0.252 e. The van der Waals surface area contributed by atoms with Gasteiger partial charge < -0.3 is 10.7 Å². The summed E-state index contributed by atoms with van der Waals surface area (Å²) in [7, 11) is 0. The van der Waals surface area contributed by atoms with Crippen molar-refractivity contribution in [2.75, 3.05) is 5.43 Å². The van der Waals surface area contributed by atoms with E-state index >= 15 is 0 Å². The number of aryl methyl sites for hydroxylation is 1. The van der Waals surface area contributed by atoms with Crippen molar-refractivity contribution in [2.24, 2.45) is 5.84 Å². The molecule has 0 fully saturated rings. The third-order valence-electron chi connectivity index (χ3n) is 3.03. The molecule has 0 bridgehead atoms. The number of rotatable bonds is 4. The summed E-state index contributed by atoms with van der Waals surface area (Å²) in [5.74, 6) is 5.27. The van der Waals surface area contributed by atoms with Gasteiger partial charge in [0, 0.05) is 11.3 Å². The molecule has 0 aliphatic heterocycles. The maximum Gasteiger partial charge on any atom is 0.252 e. The first-order valence-electron chi connectivity index (χ1n) is 6.02. The zero-order chi connectivity index (χ0) is 13.8. The number of hydrogen-bond donors (Lipinski definition) is 3. The van der Waals surface area contributed by atoms with Crippen LogP contribution in [0.3, 0.4) is 0 Å². The zero-order valence-electron chi connectivity index (χ0n) is 10.9. The molecule has 1 unspecified atom stereocenters. The van der Waals surface area contributed by atoms with E-state index < -0.39 is 0 Å². The average molecular weight is 275 g/mol. The highest BCUT2D eigenvalue weighted by Crippen LogP contribution is 2.18. The Kier molecular flexibility index (Phi) is 4.19. The van der Waals surface area contributed by atoms with Crippen molar-refractivity contribution in [2.45, 2.75) is 19.9 Å². The Morgan fingerprint density at radius 3 is 2.74 bits per heavy atom. The summed E-state index contributed by atoms with van der Waals surface area (Å²) in [5.41, 5.74) is 6.04. The molecule has 1 atom stereocenters. The number of anilines is 1. The first kappa shape index (κ1) is 13.6. The predicted octanol–water partition coefficient (Wildman–Crippen LogP) is 2.83. The Labute approximate surface area is 116 Å². The van der Waals surface area contributed by atoms with E-state index in [-0.39, 0.29) is 11.9 Å². The van der Waals surface area contributed by atoms with Gasteiger partial charge in [0.25, 0.3) is 5.91 Å². The summed E-state index contributed by atoms with van der Waals surface area (Å²) in [6.45, 7) is 3.87. The summed E-state index contributed by atoms with van der Waals surface area (Å²) in [5, 5.41) is 7.04. The van der Waals surface area contributed by atoms with Gasteiger partial charge in [-0.15, -0.1) is 0 Å². The number of benzene rings is 1. The molecule has 1 amide bonds. The fraction of sp³-hybridized carbons (Fsp3) is 0.214. The van der Waals surface area contributed by atoms with Crippen LogP contribution >= 0.6 is 11.3 Å². The lowest BCUT2D eigenvalue weighted by atomic mass is 10.1. The van der Waals surface area contributed by atoms with Crippen LogP contribution in [0.25, 0.3) is 0 Å². The van der Waals surface area contributed by atoms with Crippen LogP contribution in [0, 0.1) is 6.92 Å². The maximum absolute atomic E-state index is 12.2. The van der Waals surface area contributed by atoms with E-state index in [0.717, 1.165) is 16.8 Å². The van der Waals surface area contributed by atoms with Gasteiger partial charge >= 0.3 is 0 Å². The molecule has 0 radical (unpaired) electrons. The first-order valence-corrected chi connectivity index (χ1v) is 6.96. The van der Waals surface area contributed by atoms with Crippen molar-refractivity contribution < 1.29 is 4.79 Å². The van der Waals surface area contributed by atoms with E-state index in [1.807, 2.05) is 36.7 Å². The molecule has 1 aromatic heterocycles. The second-order valence-corrected chi connectivity index (χ2v) is 5.21. The van der Waals surface area contributed by atoms with Crippen molar-refractivity contribution in [3.05, 3.63) is 51.7 Å². The highest BCUT2D eigenvalue weighted by Gasteiger charge is 2.13. The molecular weight excluding hydrogens is 258 g/mol. The molecular formula is C14H17N3OS. The molecule has 1 aromatic carbocycles. The molecule has 2 rings (SSSR count). The summed E-state index contributed by atoms with van der Waals surface area (Å²) in [6.07, 6.45) is 0. The number of nitrogens with one attached hydrogen (secondary N) is 2. The SMILES string of the molecule is Cc1cc(NN)ccc1C(=O)NC(C)c1ccsc1. The van der Waals surface area contributed by atoms with Gasteiger partial charge in [-0.3, -0.25) is 10.6 Å². The largest absolute Gasteiger partial charge is 0.345 e. The monoisotopic (exact) mass is 275 g/mol. The number of carbonyl (C=O) groups excluding carboxylic acids is 1. The van der Waals surface area contributed by atoms with Gasteiger partial charge in [0.05, 0.1) is 6.04 Å². The van der Waals surface area contributed by atoms with E-state index in [1.165, 1.54) is 0 Å². The molecule has 0 spiro atoms. The summed E-state index contributed by atoms with van der Waals surface area (Å²) in [6, 6.07) is 7.44. The molecule has 2 aromatic rings. The van der Waals surface area contributed by atoms with Crippen molar-refractivity contribution in [1.29, 1.82) is 0 Å². The lowest BCUT2D eigenvalue weighted by Crippen LogP contribution is -2.27. The average Bonchev–Trinajstić information content (AvgIpc) is 2.92. The second-order valence-electron chi connectivity index (χ2n) is 4.43. The van der Waals surface area contributed by atoms with Crippen molar-refractivity contribution in [3.63, 3.8) is 0 Å². The number of carbonyl (C=O) groups is 1. The Bertz CT molecular complexity index is 566. The van der Waals surface area contributed by atoms with E-state index in [0.29, 0.717) is 5.56 Å². The molecule has 100 valence electrons. The lowest BCUT2D eigenvalue weighted by Gasteiger charge is -2.14. The number of hydrazine groups is 1. The number of hydrogen-bond acceptors (Lipinski definition) is 4. The van der Waals surface area contributed by atoms with Crippen LogP contribution in [0.4, 0.5) is 5.69 Å². The van der Waals surface area contributed by atoms with E-state index in [9.17, 15) is 4.79 Å². The summed E-state index contributed by atoms with van der Waals surface area (Å²) >= 11 is 1.63. The number of amides is 1. The van der Waals surface area contributed by atoms with Crippen LogP contribution in [0.15, 0.2) is 35.0 Å². The Balaban J connectivity index is 2.12.